The first-order valence-corrected chi connectivity index (χ1v) is 5.00. The smallest absolute Gasteiger partial charge is 0.277 e. The van der Waals surface area contributed by atoms with Crippen LogP contribution in [0.2, 0.25) is 0 Å². The average Bonchev–Trinajstić information content (AvgIpc) is 2.21. The summed E-state index contributed by atoms with van der Waals surface area (Å²) >= 11 is 0. The number of pyridine rings is 1. The number of aryl methyl sites for hydroxylation is 2. The number of carbonyl (C=O) groups is 1. The number of aromatic nitrogens is 1. The molecule has 1 aromatic heterocycles. The maximum absolute atomic E-state index is 11.4. The first-order valence-electron chi connectivity index (χ1n) is 5.00. The van der Waals surface area contributed by atoms with Crippen LogP contribution in [-0.4, -0.2) is 16.5 Å². The summed E-state index contributed by atoms with van der Waals surface area (Å²) in [6.07, 6.45) is 1.61. The summed E-state index contributed by atoms with van der Waals surface area (Å²) in [6, 6.07) is 1.89. The Morgan fingerprint density at radius 3 is 2.62 bits per heavy atom. The fourth-order valence-electron chi connectivity index (χ4n) is 1.29. The van der Waals surface area contributed by atoms with Crippen molar-refractivity contribution in [2.75, 3.05) is 0 Å². The molecule has 0 aliphatic rings. The molecular weight excluding hydrogens is 206 g/mol. The second kappa shape index (κ2) is 4.49. The largest absolute Gasteiger partial charge is 0.476 e. The minimum absolute atomic E-state index is 0.382. The summed E-state index contributed by atoms with van der Waals surface area (Å²) in [5.41, 5.74) is 2.90. The zero-order chi connectivity index (χ0) is 12.3. The van der Waals surface area contributed by atoms with Crippen molar-refractivity contribution in [1.29, 1.82) is 0 Å². The summed E-state index contributed by atoms with van der Waals surface area (Å²) in [5, 5.41) is 0. The van der Waals surface area contributed by atoms with Crippen LogP contribution in [0.4, 0.5) is 0 Å². The van der Waals surface area contributed by atoms with Crippen molar-refractivity contribution in [3.63, 3.8) is 0 Å². The number of ether oxygens (including phenoxy) is 1. The van der Waals surface area contributed by atoms with Crippen LogP contribution < -0.4 is 16.0 Å². The van der Waals surface area contributed by atoms with Crippen molar-refractivity contribution in [3.05, 3.63) is 23.5 Å². The van der Waals surface area contributed by atoms with Crippen LogP contribution >= 0.6 is 0 Å². The van der Waals surface area contributed by atoms with Gasteiger partial charge in [-0.25, -0.2) is 5.84 Å². The quantitative estimate of drug-likeness (QED) is 0.452. The van der Waals surface area contributed by atoms with Crippen LogP contribution in [0.25, 0.3) is 0 Å². The van der Waals surface area contributed by atoms with Crippen LogP contribution in [-0.2, 0) is 4.79 Å². The lowest BCUT2D eigenvalue weighted by Gasteiger charge is -2.24. The maximum Gasteiger partial charge on any atom is 0.277 e. The van der Waals surface area contributed by atoms with Gasteiger partial charge in [0.2, 0.25) is 0 Å². The molecule has 5 nitrogen and oxygen atoms in total. The van der Waals surface area contributed by atoms with Crippen molar-refractivity contribution in [2.24, 2.45) is 5.84 Å². The van der Waals surface area contributed by atoms with Gasteiger partial charge in [-0.05, 0) is 39.3 Å². The third-order valence-corrected chi connectivity index (χ3v) is 2.24. The molecule has 0 saturated heterocycles. The molecule has 0 aromatic carbocycles. The Balaban J connectivity index is 2.92. The lowest BCUT2D eigenvalue weighted by atomic mass is 10.1. The van der Waals surface area contributed by atoms with Gasteiger partial charge in [-0.2, -0.15) is 0 Å². The Hall–Kier alpha value is -1.62. The van der Waals surface area contributed by atoms with Gasteiger partial charge in [0.1, 0.15) is 5.75 Å². The normalized spacial score (nSPS) is 11.1. The molecule has 0 bridgehead atoms. The number of nitrogens with two attached hydrogens (primary N) is 1. The van der Waals surface area contributed by atoms with E-state index < -0.39 is 5.60 Å². The Bertz CT molecular complexity index is 402. The summed E-state index contributed by atoms with van der Waals surface area (Å²) < 4.78 is 5.59. The number of nitrogens with one attached hydrogen (secondary N) is 1. The molecule has 1 heterocycles. The maximum atomic E-state index is 11.4. The van der Waals surface area contributed by atoms with E-state index in [0.29, 0.717) is 5.75 Å². The van der Waals surface area contributed by atoms with Gasteiger partial charge in [-0.3, -0.25) is 15.2 Å². The van der Waals surface area contributed by atoms with Crippen LogP contribution in [0, 0.1) is 13.8 Å². The second-order valence-corrected chi connectivity index (χ2v) is 4.18. The summed E-state index contributed by atoms with van der Waals surface area (Å²) in [6.45, 7) is 7.10. The number of amides is 1. The highest BCUT2D eigenvalue weighted by Gasteiger charge is 2.29. The molecule has 0 spiro atoms. The highest BCUT2D eigenvalue weighted by molar-refractivity contribution is 5.84. The number of hydrazine groups is 1. The van der Waals surface area contributed by atoms with E-state index in [1.165, 1.54) is 0 Å². The molecule has 0 radical (unpaired) electrons. The molecule has 0 unspecified atom stereocenters. The van der Waals surface area contributed by atoms with E-state index in [-0.39, 0.29) is 5.91 Å². The van der Waals surface area contributed by atoms with E-state index in [0.717, 1.165) is 11.3 Å². The highest BCUT2D eigenvalue weighted by atomic mass is 16.5. The van der Waals surface area contributed by atoms with E-state index in [4.69, 9.17) is 10.6 Å². The van der Waals surface area contributed by atoms with Crippen molar-refractivity contribution in [1.82, 2.24) is 10.4 Å². The highest BCUT2D eigenvalue weighted by Crippen LogP contribution is 2.22. The van der Waals surface area contributed by atoms with Crippen LogP contribution in [0.1, 0.15) is 25.1 Å². The fourth-order valence-corrected chi connectivity index (χ4v) is 1.29. The predicted octanol–water partition coefficient (Wildman–Crippen LogP) is 0.846. The molecule has 0 aliphatic heterocycles. The number of hydrogen-bond donors (Lipinski definition) is 2. The SMILES string of the molecule is Cc1cc(C)c(OC(C)(C)C(=O)NN)cn1. The number of nitrogens with zero attached hydrogens (tertiary/aromatic N) is 1. The first-order chi connectivity index (χ1) is 7.36. The number of rotatable bonds is 3. The summed E-state index contributed by atoms with van der Waals surface area (Å²) in [7, 11) is 0. The molecule has 0 aliphatic carbocycles. The molecule has 0 saturated carbocycles. The number of hydrogen-bond acceptors (Lipinski definition) is 4. The van der Waals surface area contributed by atoms with Gasteiger partial charge >= 0.3 is 0 Å². The molecule has 1 aromatic rings. The topological polar surface area (TPSA) is 77.2 Å². The second-order valence-electron chi connectivity index (χ2n) is 4.18. The Labute approximate surface area is 95.0 Å². The van der Waals surface area contributed by atoms with E-state index in [1.807, 2.05) is 19.9 Å². The first kappa shape index (κ1) is 12.4. The van der Waals surface area contributed by atoms with Gasteiger partial charge in [0, 0.05) is 5.69 Å². The van der Waals surface area contributed by atoms with Crippen molar-refractivity contribution >= 4 is 5.91 Å². The van der Waals surface area contributed by atoms with Crippen LogP contribution in [0.3, 0.4) is 0 Å². The van der Waals surface area contributed by atoms with Crippen LogP contribution in [0.5, 0.6) is 5.75 Å². The van der Waals surface area contributed by atoms with Gasteiger partial charge in [-0.15, -0.1) is 0 Å². The lowest BCUT2D eigenvalue weighted by molar-refractivity contribution is -0.134. The van der Waals surface area contributed by atoms with E-state index in [9.17, 15) is 4.79 Å². The Kier molecular flexibility index (Phi) is 3.49. The third kappa shape index (κ3) is 2.70. The Morgan fingerprint density at radius 1 is 1.50 bits per heavy atom. The zero-order valence-corrected chi connectivity index (χ0v) is 10.00. The van der Waals surface area contributed by atoms with Crippen LogP contribution in [0.15, 0.2) is 12.3 Å². The van der Waals surface area contributed by atoms with Crippen molar-refractivity contribution < 1.29 is 9.53 Å². The average molecular weight is 223 g/mol. The van der Waals surface area contributed by atoms with Crippen molar-refractivity contribution in [2.45, 2.75) is 33.3 Å². The van der Waals surface area contributed by atoms with Gasteiger partial charge in [0.05, 0.1) is 6.20 Å². The summed E-state index contributed by atoms with van der Waals surface area (Å²) in [5.74, 6) is 5.28. The lowest BCUT2D eigenvalue weighted by Crippen LogP contribution is -2.49. The van der Waals surface area contributed by atoms with Crippen molar-refractivity contribution in [3.8, 4) is 5.75 Å². The van der Waals surface area contributed by atoms with Gasteiger partial charge in [0.25, 0.3) is 5.91 Å². The minimum Gasteiger partial charge on any atom is -0.476 e. The monoisotopic (exact) mass is 223 g/mol. The standard InChI is InChI=1S/C11H17N3O2/c1-7-5-8(2)13-6-9(7)16-11(3,4)10(15)14-12/h5-6H,12H2,1-4H3,(H,14,15). The molecule has 0 atom stereocenters. The van der Waals surface area contributed by atoms with Gasteiger partial charge in [-0.1, -0.05) is 0 Å². The fraction of sp³-hybridized carbons (Fsp3) is 0.455. The zero-order valence-electron chi connectivity index (χ0n) is 10.00. The Morgan fingerprint density at radius 2 is 2.12 bits per heavy atom. The van der Waals surface area contributed by atoms with E-state index in [1.54, 1.807) is 20.0 Å². The molecule has 1 rings (SSSR count). The third-order valence-electron chi connectivity index (χ3n) is 2.24. The molecule has 88 valence electrons. The van der Waals surface area contributed by atoms with E-state index in [2.05, 4.69) is 10.4 Å². The molecular formula is C11H17N3O2. The molecule has 1 amide bonds. The minimum atomic E-state index is -1.02. The molecule has 16 heavy (non-hydrogen) atoms. The molecule has 5 heteroatoms. The summed E-state index contributed by atoms with van der Waals surface area (Å²) in [4.78, 5) is 15.6. The molecule has 0 fully saturated rings. The van der Waals surface area contributed by atoms with Gasteiger partial charge < -0.3 is 4.74 Å². The number of carbonyl (C=O) groups excluding carboxylic acids is 1. The van der Waals surface area contributed by atoms with Gasteiger partial charge in [0.15, 0.2) is 5.60 Å². The van der Waals surface area contributed by atoms with E-state index >= 15 is 0 Å². The molecule has 3 N–H and O–H groups in total. The predicted molar refractivity (Wildman–Crippen MR) is 60.7 cm³/mol.